The Balaban J connectivity index is 3.25. The highest BCUT2D eigenvalue weighted by Crippen LogP contribution is 2.35. The van der Waals surface area contributed by atoms with Crippen molar-refractivity contribution in [3.8, 4) is 0 Å². The third-order valence-corrected chi connectivity index (χ3v) is 5.30. The SMILES string of the molecule is O=CN[C@@H](C(Cl)(Cl)Cl)S(=O)(=O)c1ccc(Cl)cc1. The molecule has 0 aliphatic carbocycles. The van der Waals surface area contributed by atoms with Gasteiger partial charge >= 0.3 is 0 Å². The highest BCUT2D eigenvalue weighted by Gasteiger charge is 2.43. The molecule has 0 unspecified atom stereocenters. The molecule has 9 heteroatoms. The summed E-state index contributed by atoms with van der Waals surface area (Å²) in [5.74, 6) is 0. The minimum Gasteiger partial charge on any atom is -0.338 e. The molecule has 0 aliphatic heterocycles. The van der Waals surface area contributed by atoms with Crippen molar-refractivity contribution in [2.24, 2.45) is 0 Å². The fourth-order valence-corrected chi connectivity index (χ4v) is 3.93. The van der Waals surface area contributed by atoms with E-state index in [9.17, 15) is 13.2 Å². The molecule has 1 aromatic carbocycles. The van der Waals surface area contributed by atoms with Crippen molar-refractivity contribution >= 4 is 62.7 Å². The van der Waals surface area contributed by atoms with Gasteiger partial charge in [-0.05, 0) is 24.3 Å². The maximum absolute atomic E-state index is 12.2. The van der Waals surface area contributed by atoms with Crippen LogP contribution in [-0.4, -0.2) is 24.0 Å². The number of alkyl halides is 3. The predicted octanol–water partition coefficient (Wildman–Crippen LogP) is 2.56. The lowest BCUT2D eigenvalue weighted by Crippen LogP contribution is -2.45. The van der Waals surface area contributed by atoms with Gasteiger partial charge in [-0.2, -0.15) is 0 Å². The first-order valence-corrected chi connectivity index (χ1v) is 7.51. The summed E-state index contributed by atoms with van der Waals surface area (Å²) in [5, 5.41) is 0.656. The van der Waals surface area contributed by atoms with Crippen molar-refractivity contribution in [3.63, 3.8) is 0 Å². The lowest BCUT2D eigenvalue weighted by Gasteiger charge is -2.23. The number of sulfone groups is 1. The van der Waals surface area contributed by atoms with E-state index >= 15 is 0 Å². The second kappa shape index (κ2) is 5.84. The summed E-state index contributed by atoms with van der Waals surface area (Å²) >= 11 is 22.3. The Kier molecular flexibility index (Phi) is 5.14. The summed E-state index contributed by atoms with van der Waals surface area (Å²) in [5.41, 5.74) is 0. The van der Waals surface area contributed by atoms with Gasteiger partial charge in [0.15, 0.2) is 5.37 Å². The molecule has 1 N–H and O–H groups in total. The van der Waals surface area contributed by atoms with E-state index in [1.54, 1.807) is 0 Å². The van der Waals surface area contributed by atoms with Gasteiger partial charge in [-0.1, -0.05) is 46.4 Å². The van der Waals surface area contributed by atoms with E-state index in [0.717, 1.165) is 0 Å². The summed E-state index contributed by atoms with van der Waals surface area (Å²) in [6, 6.07) is 5.27. The number of carbonyl (C=O) groups excluding carboxylic acids is 1. The largest absolute Gasteiger partial charge is 0.338 e. The number of benzene rings is 1. The van der Waals surface area contributed by atoms with E-state index in [2.05, 4.69) is 0 Å². The van der Waals surface area contributed by atoms with E-state index in [1.807, 2.05) is 5.32 Å². The van der Waals surface area contributed by atoms with Crippen molar-refractivity contribution in [1.29, 1.82) is 0 Å². The highest BCUT2D eigenvalue weighted by atomic mass is 35.6. The molecule has 1 atom stereocenters. The smallest absolute Gasteiger partial charge is 0.225 e. The molecule has 0 bridgehead atoms. The van der Waals surface area contributed by atoms with Gasteiger partial charge < -0.3 is 5.32 Å². The second-order valence-electron chi connectivity index (χ2n) is 3.21. The molecule has 0 aliphatic rings. The fraction of sp³-hybridized carbons (Fsp3) is 0.222. The molecule has 1 amide bonds. The van der Waals surface area contributed by atoms with Crippen LogP contribution in [0.4, 0.5) is 0 Å². The zero-order valence-electron chi connectivity index (χ0n) is 8.61. The van der Waals surface area contributed by atoms with Gasteiger partial charge in [-0.25, -0.2) is 8.42 Å². The van der Waals surface area contributed by atoms with Gasteiger partial charge in [0, 0.05) is 5.02 Å². The van der Waals surface area contributed by atoms with Crippen LogP contribution in [0.25, 0.3) is 0 Å². The zero-order valence-corrected chi connectivity index (χ0v) is 12.4. The first kappa shape index (κ1) is 15.9. The molecule has 0 fully saturated rings. The van der Waals surface area contributed by atoms with Crippen molar-refractivity contribution < 1.29 is 13.2 Å². The number of rotatable bonds is 4. The van der Waals surface area contributed by atoms with E-state index in [4.69, 9.17) is 46.4 Å². The minimum atomic E-state index is -4.03. The summed E-state index contributed by atoms with van der Waals surface area (Å²) in [6.45, 7) is 0. The monoisotopic (exact) mass is 349 g/mol. The highest BCUT2D eigenvalue weighted by molar-refractivity contribution is 7.92. The lowest BCUT2D eigenvalue weighted by atomic mass is 10.4. The maximum Gasteiger partial charge on any atom is 0.225 e. The lowest BCUT2D eigenvalue weighted by molar-refractivity contribution is -0.109. The topological polar surface area (TPSA) is 63.2 Å². The minimum absolute atomic E-state index is 0.113. The van der Waals surface area contributed by atoms with Gasteiger partial charge in [0.05, 0.1) is 4.90 Å². The van der Waals surface area contributed by atoms with Crippen LogP contribution in [0.2, 0.25) is 5.02 Å². The van der Waals surface area contributed by atoms with Gasteiger partial charge in [0.1, 0.15) is 0 Å². The standard InChI is InChI=1S/C9H7Cl4NO3S/c10-6-1-3-7(4-2-6)18(16,17)8(14-5-15)9(11,12)13/h1-5,8H,(H,14,15)/t8-/m1/s1. The normalized spacial score (nSPS) is 14.0. The van der Waals surface area contributed by atoms with Crippen LogP contribution >= 0.6 is 46.4 Å². The number of halogens is 4. The van der Waals surface area contributed by atoms with Gasteiger partial charge in [-0.15, -0.1) is 0 Å². The molecule has 4 nitrogen and oxygen atoms in total. The van der Waals surface area contributed by atoms with Crippen LogP contribution in [0.15, 0.2) is 29.2 Å². The average Bonchev–Trinajstić information content (AvgIpc) is 2.24. The van der Waals surface area contributed by atoms with Crippen molar-refractivity contribution in [3.05, 3.63) is 29.3 Å². The van der Waals surface area contributed by atoms with Crippen LogP contribution in [0.3, 0.4) is 0 Å². The molecule has 0 heterocycles. The van der Waals surface area contributed by atoms with E-state index in [-0.39, 0.29) is 11.3 Å². The van der Waals surface area contributed by atoms with E-state index in [1.165, 1.54) is 24.3 Å². The van der Waals surface area contributed by atoms with Gasteiger partial charge in [0.25, 0.3) is 0 Å². The van der Waals surface area contributed by atoms with Crippen LogP contribution < -0.4 is 5.32 Å². The Hall–Kier alpha value is -0.200. The molecule has 100 valence electrons. The van der Waals surface area contributed by atoms with Crippen LogP contribution in [0, 0.1) is 0 Å². The average molecular weight is 351 g/mol. The second-order valence-corrected chi connectivity index (χ2v) is 8.04. The summed E-state index contributed by atoms with van der Waals surface area (Å²) < 4.78 is 22.1. The molecular formula is C9H7Cl4NO3S. The third-order valence-electron chi connectivity index (χ3n) is 1.97. The van der Waals surface area contributed by atoms with Crippen LogP contribution in [-0.2, 0) is 14.6 Å². The Morgan fingerprint density at radius 3 is 2.06 bits per heavy atom. The quantitative estimate of drug-likeness (QED) is 0.670. The molecular weight excluding hydrogens is 344 g/mol. The van der Waals surface area contributed by atoms with E-state index in [0.29, 0.717) is 5.02 Å². The van der Waals surface area contributed by atoms with Gasteiger partial charge in [0.2, 0.25) is 20.0 Å². The van der Waals surface area contributed by atoms with Crippen molar-refractivity contribution in [2.45, 2.75) is 14.1 Å². The van der Waals surface area contributed by atoms with Crippen molar-refractivity contribution in [1.82, 2.24) is 5.32 Å². The molecule has 0 spiro atoms. The number of hydrogen-bond acceptors (Lipinski definition) is 3. The first-order valence-electron chi connectivity index (χ1n) is 4.45. The first-order chi connectivity index (χ1) is 8.19. The molecule has 1 rings (SSSR count). The molecule has 0 aromatic heterocycles. The fourth-order valence-electron chi connectivity index (χ4n) is 1.18. The summed E-state index contributed by atoms with van der Waals surface area (Å²) in [6.07, 6.45) is 0.153. The maximum atomic E-state index is 12.2. The Morgan fingerprint density at radius 1 is 1.17 bits per heavy atom. The van der Waals surface area contributed by atoms with Crippen LogP contribution in [0.5, 0.6) is 0 Å². The van der Waals surface area contributed by atoms with Gasteiger partial charge in [-0.3, -0.25) is 4.79 Å². The molecule has 0 saturated heterocycles. The number of nitrogens with one attached hydrogen (secondary N) is 1. The number of carbonyl (C=O) groups is 1. The Bertz CT molecular complexity index is 524. The Labute approximate surface area is 124 Å². The number of hydrogen-bond donors (Lipinski definition) is 1. The van der Waals surface area contributed by atoms with E-state index < -0.39 is 19.0 Å². The molecule has 0 radical (unpaired) electrons. The van der Waals surface area contributed by atoms with Crippen molar-refractivity contribution in [2.75, 3.05) is 0 Å². The number of amides is 1. The van der Waals surface area contributed by atoms with Crippen LogP contribution in [0.1, 0.15) is 0 Å². The predicted molar refractivity (Wildman–Crippen MR) is 71.9 cm³/mol. The summed E-state index contributed by atoms with van der Waals surface area (Å²) in [4.78, 5) is 10.3. The third kappa shape index (κ3) is 3.65. The molecule has 18 heavy (non-hydrogen) atoms. The molecule has 0 saturated carbocycles. The zero-order chi connectivity index (χ0) is 14.0. The Morgan fingerprint density at radius 2 is 1.67 bits per heavy atom. The summed E-state index contributed by atoms with van der Waals surface area (Å²) in [7, 11) is -4.03. The molecule has 1 aromatic rings.